The van der Waals surface area contributed by atoms with Gasteiger partial charge in [-0.25, -0.2) is 17.5 Å². The molecule has 0 spiro atoms. The van der Waals surface area contributed by atoms with Gasteiger partial charge in [0, 0.05) is 13.1 Å². The van der Waals surface area contributed by atoms with Crippen LogP contribution in [0.15, 0.2) is 21.5 Å². The molecule has 20 heavy (non-hydrogen) atoms. The summed E-state index contributed by atoms with van der Waals surface area (Å²) in [6.45, 7) is 3.57. The van der Waals surface area contributed by atoms with Crippen LogP contribution in [0.1, 0.15) is 13.3 Å². The minimum absolute atomic E-state index is 0.0901. The Morgan fingerprint density at radius 2 is 2.00 bits per heavy atom. The summed E-state index contributed by atoms with van der Waals surface area (Å²) in [5, 5.41) is 3.07. The summed E-state index contributed by atoms with van der Waals surface area (Å²) in [6, 6.07) is 2.23. The van der Waals surface area contributed by atoms with E-state index < -0.39 is 15.8 Å². The molecule has 0 saturated heterocycles. The van der Waals surface area contributed by atoms with Crippen LogP contribution in [0.5, 0.6) is 5.75 Å². The summed E-state index contributed by atoms with van der Waals surface area (Å²) in [5.41, 5.74) is 0. The number of hydrogen-bond acceptors (Lipinski definition) is 4. The molecule has 1 rings (SSSR count). The summed E-state index contributed by atoms with van der Waals surface area (Å²) in [4.78, 5) is -0.212. The number of hydrogen-bond donors (Lipinski definition) is 2. The number of sulfonamides is 1. The van der Waals surface area contributed by atoms with Crippen LogP contribution in [0.3, 0.4) is 0 Å². The first-order chi connectivity index (χ1) is 9.42. The van der Waals surface area contributed by atoms with Crippen molar-refractivity contribution in [1.29, 1.82) is 0 Å². The number of rotatable bonds is 8. The molecule has 0 bridgehead atoms. The maximum Gasteiger partial charge on any atom is 0.244 e. The van der Waals surface area contributed by atoms with Crippen molar-refractivity contribution < 1.29 is 17.5 Å². The number of ether oxygens (including phenoxy) is 1. The first-order valence-electron chi connectivity index (χ1n) is 6.15. The van der Waals surface area contributed by atoms with Crippen LogP contribution in [0.4, 0.5) is 4.39 Å². The second-order valence-electron chi connectivity index (χ2n) is 4.06. The number of nitrogens with one attached hydrogen (secondary N) is 2. The first kappa shape index (κ1) is 17.4. The third kappa shape index (κ3) is 4.69. The van der Waals surface area contributed by atoms with Crippen molar-refractivity contribution in [2.75, 3.05) is 26.7 Å². The third-order valence-corrected chi connectivity index (χ3v) is 4.61. The number of methoxy groups -OCH3 is 1. The fourth-order valence-corrected chi connectivity index (χ4v) is 3.05. The van der Waals surface area contributed by atoms with Crippen LogP contribution in [-0.2, 0) is 10.0 Å². The molecule has 0 saturated carbocycles. The highest BCUT2D eigenvalue weighted by molar-refractivity contribution is 9.10. The summed E-state index contributed by atoms with van der Waals surface area (Å²) in [7, 11) is -2.47. The van der Waals surface area contributed by atoms with E-state index in [0.29, 0.717) is 6.54 Å². The topological polar surface area (TPSA) is 67.4 Å². The molecule has 0 aliphatic heterocycles. The van der Waals surface area contributed by atoms with Gasteiger partial charge in [0.25, 0.3) is 0 Å². The smallest absolute Gasteiger partial charge is 0.244 e. The predicted octanol–water partition coefficient (Wildman–Crippen LogP) is 1.87. The van der Waals surface area contributed by atoms with Gasteiger partial charge in [0.2, 0.25) is 10.0 Å². The molecule has 0 aliphatic carbocycles. The molecule has 0 aromatic heterocycles. The zero-order valence-electron chi connectivity index (χ0n) is 11.4. The van der Waals surface area contributed by atoms with Crippen molar-refractivity contribution in [3.63, 3.8) is 0 Å². The maximum absolute atomic E-state index is 13.5. The van der Waals surface area contributed by atoms with E-state index >= 15 is 0 Å². The van der Waals surface area contributed by atoms with Crippen LogP contribution in [0.2, 0.25) is 0 Å². The van der Waals surface area contributed by atoms with E-state index in [4.69, 9.17) is 4.74 Å². The van der Waals surface area contributed by atoms with Crippen molar-refractivity contribution in [2.24, 2.45) is 0 Å². The Balaban J connectivity index is 2.84. The van der Waals surface area contributed by atoms with Gasteiger partial charge in [0.05, 0.1) is 11.6 Å². The fraction of sp³-hybridized carbons (Fsp3) is 0.500. The summed E-state index contributed by atoms with van der Waals surface area (Å²) in [6.07, 6.45) is 0.971. The minimum Gasteiger partial charge on any atom is -0.495 e. The zero-order valence-corrected chi connectivity index (χ0v) is 13.8. The van der Waals surface area contributed by atoms with E-state index in [-0.39, 0.29) is 21.7 Å². The van der Waals surface area contributed by atoms with Crippen molar-refractivity contribution in [1.82, 2.24) is 10.0 Å². The lowest BCUT2D eigenvalue weighted by Crippen LogP contribution is -2.32. The molecule has 8 heteroatoms. The van der Waals surface area contributed by atoms with E-state index in [1.807, 2.05) is 6.92 Å². The fourth-order valence-electron chi connectivity index (χ4n) is 1.53. The van der Waals surface area contributed by atoms with Crippen LogP contribution < -0.4 is 14.8 Å². The van der Waals surface area contributed by atoms with Gasteiger partial charge in [-0.2, -0.15) is 0 Å². The molecule has 0 heterocycles. The lowest BCUT2D eigenvalue weighted by molar-refractivity contribution is 0.400. The summed E-state index contributed by atoms with van der Waals surface area (Å²) >= 11 is 2.99. The largest absolute Gasteiger partial charge is 0.495 e. The summed E-state index contributed by atoms with van der Waals surface area (Å²) < 4.78 is 45.3. The van der Waals surface area contributed by atoms with E-state index in [2.05, 4.69) is 26.0 Å². The van der Waals surface area contributed by atoms with Gasteiger partial charge in [-0.3, -0.25) is 0 Å². The lowest BCUT2D eigenvalue weighted by atomic mass is 10.3. The van der Waals surface area contributed by atoms with Crippen molar-refractivity contribution in [2.45, 2.75) is 18.2 Å². The van der Waals surface area contributed by atoms with Crippen LogP contribution >= 0.6 is 15.9 Å². The molecule has 2 N–H and O–H groups in total. The Morgan fingerprint density at radius 1 is 1.30 bits per heavy atom. The quantitative estimate of drug-likeness (QED) is 0.687. The highest BCUT2D eigenvalue weighted by Gasteiger charge is 2.21. The molecule has 0 unspecified atom stereocenters. The van der Waals surface area contributed by atoms with Gasteiger partial charge in [-0.1, -0.05) is 6.92 Å². The Kier molecular flexibility index (Phi) is 6.87. The average molecular weight is 369 g/mol. The monoisotopic (exact) mass is 368 g/mol. The molecule has 0 fully saturated rings. The first-order valence-corrected chi connectivity index (χ1v) is 8.43. The second-order valence-corrected chi connectivity index (χ2v) is 6.65. The molecule has 5 nitrogen and oxygen atoms in total. The van der Waals surface area contributed by atoms with Crippen LogP contribution in [0.25, 0.3) is 0 Å². The highest BCUT2D eigenvalue weighted by atomic mass is 79.9. The molecular weight excluding hydrogens is 351 g/mol. The zero-order chi connectivity index (χ0) is 15.2. The van der Waals surface area contributed by atoms with Crippen molar-refractivity contribution in [3.8, 4) is 5.75 Å². The van der Waals surface area contributed by atoms with Gasteiger partial charge in [0.15, 0.2) is 0 Å². The molecule has 0 aliphatic rings. The SMILES string of the molecule is CCCNCCNS(=O)(=O)c1cc(F)c(Br)cc1OC. The minimum atomic E-state index is -3.81. The normalized spacial score (nSPS) is 11.6. The summed E-state index contributed by atoms with van der Waals surface area (Å²) in [5.74, 6) is -0.567. The average Bonchev–Trinajstić information content (AvgIpc) is 2.41. The van der Waals surface area contributed by atoms with E-state index in [1.165, 1.54) is 13.2 Å². The van der Waals surface area contributed by atoms with E-state index in [1.54, 1.807) is 0 Å². The van der Waals surface area contributed by atoms with Gasteiger partial charge < -0.3 is 10.1 Å². The highest BCUT2D eigenvalue weighted by Crippen LogP contribution is 2.29. The van der Waals surface area contributed by atoms with Gasteiger partial charge in [0.1, 0.15) is 16.5 Å². The number of benzene rings is 1. The van der Waals surface area contributed by atoms with Gasteiger partial charge in [-0.05, 0) is 41.0 Å². The number of halogens is 2. The molecule has 0 radical (unpaired) electrons. The molecule has 114 valence electrons. The van der Waals surface area contributed by atoms with Gasteiger partial charge in [-0.15, -0.1) is 0 Å². The Morgan fingerprint density at radius 3 is 2.60 bits per heavy atom. The lowest BCUT2D eigenvalue weighted by Gasteiger charge is -2.12. The Hall–Kier alpha value is -0.700. The molecule has 0 amide bonds. The molecular formula is C12H18BrFN2O3S. The van der Waals surface area contributed by atoms with E-state index in [9.17, 15) is 12.8 Å². The maximum atomic E-state index is 13.5. The molecule has 1 aromatic rings. The standard InChI is InChI=1S/C12H18BrFN2O3S/c1-3-4-15-5-6-16-20(17,18)12-8-10(14)9(13)7-11(12)19-2/h7-8,15-16H,3-6H2,1-2H3. The van der Waals surface area contributed by atoms with Crippen LogP contribution in [0, 0.1) is 5.82 Å². The van der Waals surface area contributed by atoms with Gasteiger partial charge >= 0.3 is 0 Å². The molecule has 1 aromatic carbocycles. The predicted molar refractivity (Wildman–Crippen MR) is 79.0 cm³/mol. The van der Waals surface area contributed by atoms with E-state index in [0.717, 1.165) is 19.0 Å². The Bertz CT molecular complexity index is 552. The van der Waals surface area contributed by atoms with Crippen molar-refractivity contribution in [3.05, 3.63) is 22.4 Å². The second kappa shape index (κ2) is 7.92. The van der Waals surface area contributed by atoms with Crippen LogP contribution in [-0.4, -0.2) is 35.2 Å². The molecule has 0 atom stereocenters. The van der Waals surface area contributed by atoms with Crippen molar-refractivity contribution >= 4 is 26.0 Å². The Labute approximate surface area is 127 Å². The third-order valence-electron chi connectivity index (χ3n) is 2.52.